The van der Waals surface area contributed by atoms with Crippen LogP contribution in [0.15, 0.2) is 256 Å². The van der Waals surface area contributed by atoms with Crippen molar-refractivity contribution >= 4 is 46.4 Å². The lowest BCUT2D eigenvalue weighted by atomic mass is 10.1. The lowest BCUT2D eigenvalue weighted by Gasteiger charge is -2.24. The van der Waals surface area contributed by atoms with Gasteiger partial charge < -0.3 is 67.0 Å². The molecule has 12 rings (SSSR count). The number of aromatic nitrogens is 8. The van der Waals surface area contributed by atoms with Crippen LogP contribution in [0.4, 0.5) is 40.3 Å². The molecule has 0 saturated carbocycles. The summed E-state index contributed by atoms with van der Waals surface area (Å²) in [5.74, 6) is 5.48. The smallest absolute Gasteiger partial charge is 0.246 e. The highest BCUT2D eigenvalue weighted by Gasteiger charge is 2.26. The van der Waals surface area contributed by atoms with Crippen LogP contribution in [0.2, 0.25) is 0 Å². The van der Waals surface area contributed by atoms with Gasteiger partial charge in [0, 0.05) is 99.5 Å². The number of nitrogens with zero attached hydrogens (tertiary/aromatic N) is 12. The van der Waals surface area contributed by atoms with Crippen molar-refractivity contribution in [2.45, 2.75) is 53.9 Å². The Labute approximate surface area is 667 Å². The normalized spacial score (nSPS) is 10.4. The van der Waals surface area contributed by atoms with Crippen LogP contribution < -0.4 is 67.0 Å². The number of benzene rings is 5. The van der Waals surface area contributed by atoms with E-state index >= 15 is 0 Å². The number of methoxy groups -OCH3 is 2. The van der Waals surface area contributed by atoms with E-state index in [0.29, 0.717) is 114 Å². The summed E-state index contributed by atoms with van der Waals surface area (Å²) in [6, 6.07) is 56.8. The fraction of sp³-hybridized carbons (Fsp3) is 0.209. The molecule has 0 aliphatic rings. The number of pyridine rings is 6. The molecule has 12 aromatic rings. The summed E-state index contributed by atoms with van der Waals surface area (Å²) in [7, 11) is 3.09. The van der Waals surface area contributed by atoms with E-state index in [1.165, 1.54) is 59.8 Å². The topological polar surface area (TPSA) is 277 Å². The second kappa shape index (κ2) is 45.9. The molecule has 5 aromatic carbocycles. The van der Waals surface area contributed by atoms with Gasteiger partial charge in [0.05, 0.1) is 46.6 Å². The van der Waals surface area contributed by atoms with Gasteiger partial charge in [-0.25, -0.2) is 42.5 Å². The predicted octanol–water partition coefficient (Wildman–Crippen LogP) is 16.7. The SMILES string of the molecule is CC(=O)N(Cc1cccnc1OCC[18F])c1cccnc1Oc1ccccc1.CC(=O)N(Cc1cnccc1OCC[18F])c1cccnc1Oc1ccccc1.COc1ccc(OCC[18F])c(CN(C(C)=O)c2cccnc2Oc2ccncc2)c1.COc1ccc(OCC[18F])c(CN(C(C)=O)c2cncnc2Oc2ccccc2)c1. The summed E-state index contributed by atoms with van der Waals surface area (Å²) in [6.07, 6.45) is 15.6. The zero-order chi connectivity index (χ0) is 82.2. The van der Waals surface area contributed by atoms with E-state index in [-0.39, 0.29) is 88.0 Å². The van der Waals surface area contributed by atoms with Gasteiger partial charge in [-0.05, 0) is 133 Å². The van der Waals surface area contributed by atoms with Crippen molar-refractivity contribution in [2.24, 2.45) is 0 Å². The molecule has 116 heavy (non-hydrogen) atoms. The zero-order valence-electron chi connectivity index (χ0n) is 64.3. The number of para-hydroxylation sites is 3. The monoisotopic (exact) mass is 1580 g/mol. The molecule has 0 fully saturated rings. The maximum atomic E-state index is 12.6. The molecule has 0 atom stereocenters. The van der Waals surface area contributed by atoms with Gasteiger partial charge in [-0.3, -0.25) is 29.1 Å². The average Bonchev–Trinajstić information content (AvgIpc) is 0.825. The summed E-state index contributed by atoms with van der Waals surface area (Å²) >= 11 is 0. The molecule has 7 heterocycles. The molecular weight excluding hydrogens is 1500 g/mol. The lowest BCUT2D eigenvalue weighted by molar-refractivity contribution is -0.117. The maximum absolute atomic E-state index is 12.6. The van der Waals surface area contributed by atoms with Gasteiger partial charge in [0.2, 0.25) is 53.0 Å². The first-order valence-electron chi connectivity index (χ1n) is 36.1. The number of hydrogen-bond donors (Lipinski definition) is 0. The Morgan fingerprint density at radius 1 is 0.302 bits per heavy atom. The van der Waals surface area contributed by atoms with Gasteiger partial charge in [-0.2, -0.15) is 4.98 Å². The highest BCUT2D eigenvalue weighted by Crippen LogP contribution is 2.38. The molecule has 0 radical (unpaired) electrons. The molecule has 0 aliphatic heterocycles. The van der Waals surface area contributed by atoms with E-state index in [4.69, 9.17) is 47.4 Å². The van der Waals surface area contributed by atoms with Crippen LogP contribution in [0.5, 0.6) is 81.1 Å². The number of rotatable bonds is 34. The van der Waals surface area contributed by atoms with E-state index in [2.05, 4.69) is 39.9 Å². The third-order valence-electron chi connectivity index (χ3n) is 16.2. The zero-order valence-corrected chi connectivity index (χ0v) is 64.3. The minimum atomic E-state index is -0.622. The van der Waals surface area contributed by atoms with Crippen LogP contribution in [0.3, 0.4) is 0 Å². The second-order valence-corrected chi connectivity index (χ2v) is 24.2. The molecule has 0 unspecified atom stereocenters. The maximum Gasteiger partial charge on any atom is 0.246 e. The standard InChI is InChI=1S/2C22H22FN3O4.2C21H20FN3O3/c1-16(27)26(15-17-14-19(28-2)5-6-21(17)29-13-9-23)20-4-3-10-25-22(20)30-18-7-11-24-12-8-18;1-16(27)26(14-17-12-19(28-2)8-9-21(17)29-11-10-23)20-13-24-15-25-22(20)30-18-6-4-3-5-7-18;1-16(26)25(15-17-7-5-12-23-20(17)27-14-11-22)19-10-6-13-24-21(19)28-18-8-3-2-4-9-18;1-16(26)25(15-17-14-23-12-9-20(17)27-13-10-22)19-8-5-11-24-21(19)28-18-6-3-2-4-7-18/h3-8,10-12,14H,9,13,15H2,1-2H3;3-9,12-13,15H,10-11,14H2,1-2H3;2-10,12-13H,11,14-15H2,1H3;2-9,11-12,14H,10,13,15H2,1H3/i2*23-1;2*22-1. The fourth-order valence-electron chi connectivity index (χ4n) is 10.9. The molecule has 0 spiro atoms. The number of alkyl halides is 4. The quantitative estimate of drug-likeness (QED) is 0.0339. The van der Waals surface area contributed by atoms with Crippen LogP contribution in [-0.2, 0) is 45.4 Å². The van der Waals surface area contributed by atoms with Gasteiger partial charge in [0.1, 0.15) is 134 Å². The van der Waals surface area contributed by atoms with Crippen LogP contribution in [-0.4, -0.2) is 131 Å². The average molecular weight is 1580 g/mol. The number of ether oxygens (including phenoxy) is 10. The first-order valence-corrected chi connectivity index (χ1v) is 36.1. The molecule has 30 heteroatoms. The van der Waals surface area contributed by atoms with E-state index in [0.717, 1.165) is 0 Å². The van der Waals surface area contributed by atoms with Crippen molar-refractivity contribution < 1.29 is 84.1 Å². The molecule has 7 aromatic heterocycles. The summed E-state index contributed by atoms with van der Waals surface area (Å²) in [5, 5.41) is 0. The Kier molecular flexibility index (Phi) is 33.9. The second-order valence-electron chi connectivity index (χ2n) is 24.2. The van der Waals surface area contributed by atoms with Crippen LogP contribution in [0.1, 0.15) is 49.9 Å². The molecule has 26 nitrogen and oxygen atoms in total. The number of amides is 4. The highest BCUT2D eigenvalue weighted by molar-refractivity contribution is 5.95. The Balaban J connectivity index is 0.000000177. The first kappa shape index (κ1) is 85.7. The van der Waals surface area contributed by atoms with Crippen LogP contribution in [0.25, 0.3) is 0 Å². The molecular formula is C86H84F4N12O14. The molecule has 600 valence electrons. The van der Waals surface area contributed by atoms with Crippen LogP contribution in [0, 0.1) is 0 Å². The predicted molar refractivity (Wildman–Crippen MR) is 426 cm³/mol. The van der Waals surface area contributed by atoms with Gasteiger partial charge in [-0.15, -0.1) is 0 Å². The Bertz CT molecular complexity index is 4750. The highest BCUT2D eigenvalue weighted by atomic mass is 18.2. The lowest BCUT2D eigenvalue weighted by Crippen LogP contribution is -2.29. The summed E-state index contributed by atoms with van der Waals surface area (Å²) < 4.78 is 106. The number of carbonyl (C=O) groups is 4. The van der Waals surface area contributed by atoms with Crippen LogP contribution >= 0.6 is 0 Å². The van der Waals surface area contributed by atoms with E-state index in [1.807, 2.05) is 54.6 Å². The summed E-state index contributed by atoms with van der Waals surface area (Å²) in [5.41, 5.74) is 4.53. The fourth-order valence-corrected chi connectivity index (χ4v) is 10.9. The summed E-state index contributed by atoms with van der Waals surface area (Å²) in [4.78, 5) is 89.1. The van der Waals surface area contributed by atoms with E-state index in [9.17, 15) is 36.7 Å². The molecule has 0 saturated heterocycles. The number of anilines is 4. The van der Waals surface area contributed by atoms with Gasteiger partial charge >= 0.3 is 0 Å². The van der Waals surface area contributed by atoms with Crippen molar-refractivity contribution in [3.63, 3.8) is 0 Å². The minimum Gasteiger partial charge on any atom is -0.497 e. The van der Waals surface area contributed by atoms with Gasteiger partial charge in [-0.1, -0.05) is 60.7 Å². The first-order chi connectivity index (χ1) is 56.6. The van der Waals surface area contributed by atoms with Crippen molar-refractivity contribution in [2.75, 3.05) is 86.9 Å². The van der Waals surface area contributed by atoms with E-state index in [1.54, 1.807) is 203 Å². The Hall–Kier alpha value is -14.3. The van der Waals surface area contributed by atoms with Crippen molar-refractivity contribution in [3.05, 3.63) is 278 Å². The van der Waals surface area contributed by atoms with Gasteiger partial charge in [0.15, 0.2) is 0 Å². The Morgan fingerprint density at radius 2 is 0.647 bits per heavy atom. The van der Waals surface area contributed by atoms with Gasteiger partial charge in [0.25, 0.3) is 0 Å². The molecule has 0 bridgehead atoms. The minimum absolute atomic E-state index is 0.0631. The van der Waals surface area contributed by atoms with Crippen molar-refractivity contribution in [3.8, 4) is 81.1 Å². The summed E-state index contributed by atoms with van der Waals surface area (Å²) in [6.45, 7) is 3.66. The van der Waals surface area contributed by atoms with Crippen molar-refractivity contribution in [1.29, 1.82) is 0 Å². The number of halogens is 4. The largest absolute Gasteiger partial charge is 0.497 e. The van der Waals surface area contributed by atoms with E-state index < -0.39 is 26.7 Å². The third-order valence-corrected chi connectivity index (χ3v) is 16.2. The van der Waals surface area contributed by atoms with Crippen molar-refractivity contribution in [1.82, 2.24) is 39.9 Å². The molecule has 4 amide bonds. The number of carbonyl (C=O) groups excluding carboxylic acids is 4. The molecule has 0 N–H and O–H groups in total. The molecule has 0 aliphatic carbocycles. The third kappa shape index (κ3) is 25.9. The number of hydrogen-bond acceptors (Lipinski definition) is 22. The Morgan fingerprint density at radius 3 is 1.05 bits per heavy atom.